The van der Waals surface area contributed by atoms with Gasteiger partial charge >= 0.3 is 0 Å². The summed E-state index contributed by atoms with van der Waals surface area (Å²) in [5.74, 6) is -0.230. The second kappa shape index (κ2) is 6.13. The lowest BCUT2D eigenvalue weighted by Crippen LogP contribution is -2.07. The van der Waals surface area contributed by atoms with Crippen LogP contribution < -0.4 is 0 Å². The zero-order valence-electron chi connectivity index (χ0n) is 10.2. The molecule has 2 aromatic carbocycles. The molecule has 0 aliphatic carbocycles. The highest BCUT2D eigenvalue weighted by atomic mass is 127. The molecular formula is C15H11BrFIO. The highest BCUT2D eigenvalue weighted by Gasteiger charge is 2.13. The van der Waals surface area contributed by atoms with E-state index in [-0.39, 0.29) is 11.6 Å². The standard InChI is InChI=1S/C15H11BrFIO/c1-9-6-12(17)4-2-10(9)7-15(19)13-8-11(16)3-5-14(13)18/h2-6,8H,7H2,1H3. The van der Waals surface area contributed by atoms with Crippen molar-refractivity contribution in [3.8, 4) is 0 Å². The fourth-order valence-corrected chi connectivity index (χ4v) is 2.83. The van der Waals surface area contributed by atoms with Crippen LogP contribution in [0, 0.1) is 16.3 Å². The van der Waals surface area contributed by atoms with Crippen molar-refractivity contribution in [1.82, 2.24) is 0 Å². The molecule has 0 aliphatic rings. The Bertz CT molecular complexity index is 640. The van der Waals surface area contributed by atoms with E-state index in [9.17, 15) is 9.18 Å². The summed E-state index contributed by atoms with van der Waals surface area (Å²) in [6.07, 6.45) is 0.290. The van der Waals surface area contributed by atoms with E-state index in [1.807, 2.05) is 25.1 Å². The van der Waals surface area contributed by atoms with Crippen molar-refractivity contribution < 1.29 is 9.18 Å². The first-order valence-electron chi connectivity index (χ1n) is 5.70. The number of Topliss-reactive ketones (excluding diaryl/α,β-unsaturated/α-hetero) is 1. The van der Waals surface area contributed by atoms with Gasteiger partial charge in [-0.15, -0.1) is 0 Å². The molecule has 0 unspecified atom stereocenters. The van der Waals surface area contributed by atoms with Crippen LogP contribution in [0.2, 0.25) is 0 Å². The summed E-state index contributed by atoms with van der Waals surface area (Å²) in [4.78, 5) is 12.3. The first-order chi connectivity index (χ1) is 8.97. The van der Waals surface area contributed by atoms with E-state index in [1.165, 1.54) is 12.1 Å². The van der Waals surface area contributed by atoms with Gasteiger partial charge in [0.1, 0.15) is 5.82 Å². The van der Waals surface area contributed by atoms with Crippen molar-refractivity contribution in [3.63, 3.8) is 0 Å². The zero-order chi connectivity index (χ0) is 14.0. The minimum atomic E-state index is -0.272. The van der Waals surface area contributed by atoms with Gasteiger partial charge in [0.2, 0.25) is 0 Å². The number of hydrogen-bond donors (Lipinski definition) is 0. The molecule has 0 aliphatic heterocycles. The number of rotatable bonds is 3. The van der Waals surface area contributed by atoms with Crippen LogP contribution in [-0.4, -0.2) is 5.78 Å². The molecule has 0 aromatic heterocycles. The van der Waals surface area contributed by atoms with Crippen LogP contribution in [0.25, 0.3) is 0 Å². The summed E-state index contributed by atoms with van der Waals surface area (Å²) in [6.45, 7) is 1.82. The first kappa shape index (κ1) is 14.7. The Labute approximate surface area is 133 Å². The summed E-state index contributed by atoms with van der Waals surface area (Å²) < 4.78 is 14.8. The smallest absolute Gasteiger partial charge is 0.168 e. The van der Waals surface area contributed by atoms with E-state index in [0.717, 1.165) is 19.2 Å². The Balaban J connectivity index is 2.28. The van der Waals surface area contributed by atoms with Crippen LogP contribution in [0.5, 0.6) is 0 Å². The van der Waals surface area contributed by atoms with Gasteiger partial charge in [0.25, 0.3) is 0 Å². The van der Waals surface area contributed by atoms with Gasteiger partial charge in [0, 0.05) is 20.0 Å². The van der Waals surface area contributed by atoms with Crippen molar-refractivity contribution in [2.75, 3.05) is 0 Å². The first-order valence-corrected chi connectivity index (χ1v) is 7.58. The van der Waals surface area contributed by atoms with Crippen LogP contribution in [0.1, 0.15) is 21.5 Å². The summed E-state index contributed by atoms with van der Waals surface area (Å²) in [6, 6.07) is 10.1. The lowest BCUT2D eigenvalue weighted by Gasteiger charge is -2.07. The van der Waals surface area contributed by atoms with Crippen molar-refractivity contribution in [1.29, 1.82) is 0 Å². The monoisotopic (exact) mass is 432 g/mol. The Morgan fingerprint density at radius 1 is 1.26 bits per heavy atom. The minimum absolute atomic E-state index is 0.0420. The lowest BCUT2D eigenvalue weighted by atomic mass is 9.99. The van der Waals surface area contributed by atoms with Crippen LogP contribution >= 0.6 is 38.5 Å². The highest BCUT2D eigenvalue weighted by Crippen LogP contribution is 2.21. The number of halogens is 3. The average molecular weight is 433 g/mol. The van der Waals surface area contributed by atoms with Gasteiger partial charge in [-0.1, -0.05) is 22.0 Å². The molecule has 4 heteroatoms. The fourth-order valence-electron chi connectivity index (χ4n) is 1.84. The molecule has 2 rings (SSSR count). The molecule has 0 radical (unpaired) electrons. The molecule has 0 amide bonds. The van der Waals surface area contributed by atoms with Gasteiger partial charge in [-0.3, -0.25) is 4.79 Å². The molecule has 0 atom stereocenters. The number of carbonyl (C=O) groups is 1. The molecule has 0 saturated heterocycles. The van der Waals surface area contributed by atoms with Crippen molar-refractivity contribution in [2.24, 2.45) is 0 Å². The van der Waals surface area contributed by atoms with Crippen LogP contribution in [0.15, 0.2) is 40.9 Å². The lowest BCUT2D eigenvalue weighted by molar-refractivity contribution is 0.0992. The summed E-state index contributed by atoms with van der Waals surface area (Å²) >= 11 is 5.52. The van der Waals surface area contributed by atoms with E-state index in [0.29, 0.717) is 12.0 Å². The number of benzene rings is 2. The Hall–Kier alpha value is -0.750. The summed E-state index contributed by atoms with van der Waals surface area (Å²) in [5, 5.41) is 0. The zero-order valence-corrected chi connectivity index (χ0v) is 14.0. The predicted octanol–water partition coefficient (Wildman–Crippen LogP) is 4.93. The topological polar surface area (TPSA) is 17.1 Å². The van der Waals surface area contributed by atoms with Crippen LogP contribution in [0.3, 0.4) is 0 Å². The van der Waals surface area contributed by atoms with Gasteiger partial charge in [0.15, 0.2) is 5.78 Å². The van der Waals surface area contributed by atoms with E-state index in [2.05, 4.69) is 38.5 Å². The molecule has 0 spiro atoms. The molecule has 0 saturated carbocycles. The third-order valence-corrected chi connectivity index (χ3v) is 4.32. The van der Waals surface area contributed by atoms with E-state index in [4.69, 9.17) is 0 Å². The number of aryl methyl sites for hydroxylation is 1. The van der Waals surface area contributed by atoms with Crippen molar-refractivity contribution in [3.05, 3.63) is 66.9 Å². The van der Waals surface area contributed by atoms with E-state index < -0.39 is 0 Å². The minimum Gasteiger partial charge on any atom is -0.294 e. The third-order valence-electron chi connectivity index (χ3n) is 2.88. The third kappa shape index (κ3) is 3.63. The predicted molar refractivity (Wildman–Crippen MR) is 86.0 cm³/mol. The molecule has 98 valence electrons. The molecule has 2 aromatic rings. The van der Waals surface area contributed by atoms with E-state index in [1.54, 1.807) is 6.07 Å². The van der Waals surface area contributed by atoms with Crippen molar-refractivity contribution >= 4 is 44.3 Å². The van der Waals surface area contributed by atoms with Gasteiger partial charge in [-0.05, 0) is 71.0 Å². The number of hydrogen-bond acceptors (Lipinski definition) is 1. The normalized spacial score (nSPS) is 10.5. The average Bonchev–Trinajstić information content (AvgIpc) is 2.35. The number of ketones is 1. The van der Waals surface area contributed by atoms with Crippen molar-refractivity contribution in [2.45, 2.75) is 13.3 Å². The molecule has 0 fully saturated rings. The quantitative estimate of drug-likeness (QED) is 0.496. The van der Waals surface area contributed by atoms with Gasteiger partial charge in [-0.25, -0.2) is 4.39 Å². The summed E-state index contributed by atoms with van der Waals surface area (Å²) in [7, 11) is 0. The fraction of sp³-hybridized carbons (Fsp3) is 0.133. The molecule has 0 heterocycles. The SMILES string of the molecule is Cc1cc(F)ccc1CC(=O)c1cc(Br)ccc1I. The molecular weight excluding hydrogens is 422 g/mol. The largest absolute Gasteiger partial charge is 0.294 e. The summed E-state index contributed by atoms with van der Waals surface area (Å²) in [5.41, 5.74) is 2.36. The molecule has 1 nitrogen and oxygen atoms in total. The maximum atomic E-state index is 13.0. The Kier molecular flexibility index (Phi) is 4.73. The second-order valence-corrected chi connectivity index (χ2v) is 6.37. The molecule has 19 heavy (non-hydrogen) atoms. The van der Waals surface area contributed by atoms with Gasteiger partial charge in [-0.2, -0.15) is 0 Å². The van der Waals surface area contributed by atoms with Crippen LogP contribution in [-0.2, 0) is 6.42 Å². The Morgan fingerprint density at radius 3 is 2.68 bits per heavy atom. The molecule has 0 bridgehead atoms. The van der Waals surface area contributed by atoms with Crippen LogP contribution in [0.4, 0.5) is 4.39 Å². The van der Waals surface area contributed by atoms with E-state index >= 15 is 0 Å². The molecule has 0 N–H and O–H groups in total. The maximum Gasteiger partial charge on any atom is 0.168 e. The van der Waals surface area contributed by atoms with Gasteiger partial charge < -0.3 is 0 Å². The Morgan fingerprint density at radius 2 is 2.00 bits per heavy atom. The highest BCUT2D eigenvalue weighted by molar-refractivity contribution is 14.1. The number of carbonyl (C=O) groups excluding carboxylic acids is 1. The van der Waals surface area contributed by atoms with Gasteiger partial charge in [0.05, 0.1) is 0 Å². The second-order valence-electron chi connectivity index (χ2n) is 4.29. The maximum absolute atomic E-state index is 13.0.